The zero-order valence-electron chi connectivity index (χ0n) is 18.7. The fraction of sp³-hybridized carbons (Fsp3) is 0.542. The summed E-state index contributed by atoms with van der Waals surface area (Å²) in [6, 6.07) is 2.39. The minimum atomic E-state index is -4.44. The molecule has 0 aliphatic carbocycles. The maximum atomic E-state index is 13.4. The van der Waals surface area contributed by atoms with Gasteiger partial charge in [-0.15, -0.1) is 0 Å². The van der Waals surface area contributed by atoms with Gasteiger partial charge in [-0.25, -0.2) is 4.98 Å². The number of piperazine rings is 1. The second-order valence-corrected chi connectivity index (χ2v) is 8.39. The van der Waals surface area contributed by atoms with Gasteiger partial charge in [-0.05, 0) is 37.5 Å². The van der Waals surface area contributed by atoms with Gasteiger partial charge in [0.05, 0.1) is 5.56 Å². The van der Waals surface area contributed by atoms with Crippen LogP contribution in [0, 0.1) is 0 Å². The standard InChI is InChI=1S/C24H33F3N4O/c1-3-4-5-7-20(2)18-30-12-14-31(15-13-30)23(9-16-32-17-10-23)19-29-22-21(24(25,26)27)8-6-11-28-22/h3-8,11H,2,9-10,12-19H2,1H3,(H,28,29)/b4-3-,7-5-. The highest BCUT2D eigenvalue weighted by molar-refractivity contribution is 5.46. The number of aromatic nitrogens is 1. The number of nitrogens with zero attached hydrogens (tertiary/aromatic N) is 3. The lowest BCUT2D eigenvalue weighted by molar-refractivity contribution is -0.137. The Morgan fingerprint density at radius 1 is 1.22 bits per heavy atom. The van der Waals surface area contributed by atoms with Crippen molar-refractivity contribution in [3.05, 3.63) is 60.3 Å². The zero-order valence-corrected chi connectivity index (χ0v) is 18.7. The van der Waals surface area contributed by atoms with E-state index in [1.807, 2.05) is 31.2 Å². The number of allylic oxidation sites excluding steroid dienone is 3. The van der Waals surface area contributed by atoms with Crippen LogP contribution < -0.4 is 5.32 Å². The van der Waals surface area contributed by atoms with Crippen LogP contribution in [-0.4, -0.2) is 72.8 Å². The minimum absolute atomic E-state index is 0.103. The van der Waals surface area contributed by atoms with Gasteiger partial charge in [0.25, 0.3) is 0 Å². The molecule has 3 rings (SSSR count). The molecule has 0 unspecified atom stereocenters. The normalized spacial score (nSPS) is 20.8. The Bertz CT molecular complexity index is 808. The quantitative estimate of drug-likeness (QED) is 0.596. The Kier molecular flexibility index (Phi) is 8.51. The lowest BCUT2D eigenvalue weighted by atomic mass is 9.87. The number of alkyl halides is 3. The first-order valence-corrected chi connectivity index (χ1v) is 11.1. The minimum Gasteiger partial charge on any atom is -0.381 e. The van der Waals surface area contributed by atoms with Gasteiger partial charge < -0.3 is 10.1 Å². The van der Waals surface area contributed by atoms with Crippen LogP contribution in [0.2, 0.25) is 0 Å². The molecule has 8 heteroatoms. The Morgan fingerprint density at radius 2 is 1.94 bits per heavy atom. The average Bonchev–Trinajstić information content (AvgIpc) is 2.78. The number of hydrogen-bond acceptors (Lipinski definition) is 5. The van der Waals surface area contributed by atoms with Crippen molar-refractivity contribution in [2.45, 2.75) is 31.5 Å². The Hall–Kier alpha value is -2.16. The lowest BCUT2D eigenvalue weighted by Gasteiger charge is -2.50. The van der Waals surface area contributed by atoms with Gasteiger partial charge in [0.1, 0.15) is 5.82 Å². The molecular weight excluding hydrogens is 417 g/mol. The van der Waals surface area contributed by atoms with Crippen LogP contribution in [0.25, 0.3) is 0 Å². The van der Waals surface area contributed by atoms with Crippen molar-refractivity contribution in [1.82, 2.24) is 14.8 Å². The van der Waals surface area contributed by atoms with E-state index in [0.717, 1.165) is 57.2 Å². The van der Waals surface area contributed by atoms with Crippen LogP contribution >= 0.6 is 0 Å². The zero-order chi connectivity index (χ0) is 23.0. The maximum absolute atomic E-state index is 13.4. The van der Waals surface area contributed by atoms with E-state index in [4.69, 9.17) is 4.74 Å². The second-order valence-electron chi connectivity index (χ2n) is 8.39. The van der Waals surface area contributed by atoms with E-state index in [1.54, 1.807) is 0 Å². The van der Waals surface area contributed by atoms with Crippen LogP contribution in [0.4, 0.5) is 19.0 Å². The largest absolute Gasteiger partial charge is 0.419 e. The summed E-state index contributed by atoms with van der Waals surface area (Å²) in [7, 11) is 0. The summed E-state index contributed by atoms with van der Waals surface area (Å²) in [6.45, 7) is 12.1. The van der Waals surface area contributed by atoms with Crippen molar-refractivity contribution in [3.8, 4) is 0 Å². The van der Waals surface area contributed by atoms with Crippen LogP contribution in [0.1, 0.15) is 25.3 Å². The van der Waals surface area contributed by atoms with Gasteiger partial charge in [0.15, 0.2) is 0 Å². The number of ether oxygens (including phenoxy) is 1. The van der Waals surface area contributed by atoms with E-state index in [2.05, 4.69) is 26.7 Å². The number of hydrogen-bond donors (Lipinski definition) is 1. The molecule has 0 aromatic carbocycles. The van der Waals surface area contributed by atoms with E-state index in [1.165, 1.54) is 12.3 Å². The van der Waals surface area contributed by atoms with E-state index < -0.39 is 11.7 Å². The van der Waals surface area contributed by atoms with Crippen LogP contribution in [0.15, 0.2) is 54.8 Å². The van der Waals surface area contributed by atoms with Gasteiger partial charge in [-0.2, -0.15) is 13.2 Å². The molecule has 1 aromatic heterocycles. The third kappa shape index (κ3) is 6.43. The molecule has 1 N–H and O–H groups in total. The summed E-state index contributed by atoms with van der Waals surface area (Å²) >= 11 is 0. The first kappa shape index (κ1) is 24.5. The van der Waals surface area contributed by atoms with Crippen LogP contribution in [0.3, 0.4) is 0 Å². The summed E-state index contributed by atoms with van der Waals surface area (Å²) in [5.41, 5.74) is 0.0958. The van der Waals surface area contributed by atoms with Crippen LogP contribution in [0.5, 0.6) is 0 Å². The topological polar surface area (TPSA) is 40.6 Å². The number of anilines is 1. The number of nitrogens with one attached hydrogen (secondary N) is 1. The third-order valence-corrected chi connectivity index (χ3v) is 6.23. The van der Waals surface area contributed by atoms with Crippen LogP contribution in [-0.2, 0) is 10.9 Å². The van der Waals surface area contributed by atoms with Gasteiger partial charge >= 0.3 is 6.18 Å². The molecule has 2 saturated heterocycles. The number of pyridine rings is 1. The van der Waals surface area contributed by atoms with Crippen molar-refractivity contribution >= 4 is 5.82 Å². The second kappa shape index (κ2) is 11.1. The first-order valence-electron chi connectivity index (χ1n) is 11.1. The van der Waals surface area contributed by atoms with Gasteiger partial charge in [0, 0.05) is 64.2 Å². The summed E-state index contributed by atoms with van der Waals surface area (Å²) in [5, 5.41) is 3.03. The molecular formula is C24H33F3N4O. The molecule has 176 valence electrons. The summed E-state index contributed by atoms with van der Waals surface area (Å²) in [5.74, 6) is -0.103. The summed E-state index contributed by atoms with van der Waals surface area (Å²) in [6.07, 6.45) is 6.51. The molecule has 0 spiro atoms. The molecule has 2 aliphatic rings. The Labute approximate surface area is 188 Å². The van der Waals surface area contributed by atoms with E-state index in [9.17, 15) is 13.2 Å². The molecule has 1 aromatic rings. The first-order chi connectivity index (χ1) is 15.3. The fourth-order valence-corrected chi connectivity index (χ4v) is 4.40. The predicted molar refractivity (Wildman–Crippen MR) is 122 cm³/mol. The predicted octanol–water partition coefficient (Wildman–Crippen LogP) is 4.37. The van der Waals surface area contributed by atoms with Gasteiger partial charge in [0.2, 0.25) is 0 Å². The smallest absolute Gasteiger partial charge is 0.381 e. The Balaban J connectivity index is 1.63. The molecule has 2 fully saturated rings. The number of halogens is 3. The monoisotopic (exact) mass is 450 g/mol. The van der Waals surface area contributed by atoms with E-state index >= 15 is 0 Å². The molecule has 32 heavy (non-hydrogen) atoms. The molecule has 0 bridgehead atoms. The van der Waals surface area contributed by atoms with E-state index in [0.29, 0.717) is 19.8 Å². The maximum Gasteiger partial charge on any atom is 0.419 e. The SMILES string of the molecule is C=C(/C=C\C=C/C)CN1CCN(C2(CNc3ncccc3C(F)(F)F)CCOCC2)CC1. The Morgan fingerprint density at radius 3 is 2.59 bits per heavy atom. The highest BCUT2D eigenvalue weighted by Crippen LogP contribution is 2.35. The molecule has 2 aliphatic heterocycles. The molecule has 0 saturated carbocycles. The molecule has 0 radical (unpaired) electrons. The molecule has 3 heterocycles. The van der Waals surface area contributed by atoms with Crippen molar-refractivity contribution in [2.75, 3.05) is 57.8 Å². The fourth-order valence-electron chi connectivity index (χ4n) is 4.40. The van der Waals surface area contributed by atoms with Crippen molar-refractivity contribution < 1.29 is 17.9 Å². The molecule has 5 nitrogen and oxygen atoms in total. The van der Waals surface area contributed by atoms with Crippen molar-refractivity contribution in [2.24, 2.45) is 0 Å². The van der Waals surface area contributed by atoms with Gasteiger partial charge in [-0.3, -0.25) is 9.80 Å². The number of rotatable bonds is 8. The highest BCUT2D eigenvalue weighted by Gasteiger charge is 2.41. The van der Waals surface area contributed by atoms with Crippen molar-refractivity contribution in [3.63, 3.8) is 0 Å². The highest BCUT2D eigenvalue weighted by atomic mass is 19.4. The molecule has 0 amide bonds. The lowest BCUT2D eigenvalue weighted by Crippen LogP contribution is -2.61. The summed E-state index contributed by atoms with van der Waals surface area (Å²) in [4.78, 5) is 8.77. The van der Waals surface area contributed by atoms with Gasteiger partial charge in [-0.1, -0.05) is 30.9 Å². The van der Waals surface area contributed by atoms with E-state index in [-0.39, 0.29) is 11.4 Å². The van der Waals surface area contributed by atoms with Crippen molar-refractivity contribution in [1.29, 1.82) is 0 Å². The average molecular weight is 451 g/mol. The molecule has 0 atom stereocenters. The third-order valence-electron chi connectivity index (χ3n) is 6.23. The summed E-state index contributed by atoms with van der Waals surface area (Å²) < 4.78 is 45.7.